The van der Waals surface area contributed by atoms with E-state index < -0.39 is 0 Å². The van der Waals surface area contributed by atoms with Gasteiger partial charge in [-0.2, -0.15) is 5.10 Å². The van der Waals surface area contributed by atoms with Crippen molar-refractivity contribution in [3.8, 4) is 5.69 Å². The van der Waals surface area contributed by atoms with Crippen molar-refractivity contribution in [1.29, 1.82) is 0 Å². The molecule has 2 aromatic rings. The average molecular weight is 274 g/mol. The van der Waals surface area contributed by atoms with Crippen molar-refractivity contribution < 1.29 is 4.39 Å². The first-order valence-corrected chi connectivity index (χ1v) is 7.21. The fourth-order valence-electron chi connectivity index (χ4n) is 2.79. The topological polar surface area (TPSA) is 42.7 Å². The zero-order valence-corrected chi connectivity index (χ0v) is 11.4. The monoisotopic (exact) mass is 274 g/mol. The van der Waals surface area contributed by atoms with Crippen molar-refractivity contribution in [1.82, 2.24) is 14.8 Å². The highest BCUT2D eigenvalue weighted by Crippen LogP contribution is 2.24. The summed E-state index contributed by atoms with van der Waals surface area (Å²) in [5.41, 5.74) is 1.25. The number of nitrogens with one attached hydrogen (secondary N) is 1. The van der Waals surface area contributed by atoms with Gasteiger partial charge in [0.05, 0.1) is 0 Å². The van der Waals surface area contributed by atoms with E-state index in [9.17, 15) is 4.39 Å². The Morgan fingerprint density at radius 2 is 2.10 bits per heavy atom. The summed E-state index contributed by atoms with van der Waals surface area (Å²) in [4.78, 5) is 3.83. The van der Waals surface area contributed by atoms with Crippen LogP contribution in [0, 0.1) is 11.7 Å². The average Bonchev–Trinajstić information content (AvgIpc) is 3.00. The number of benzene rings is 1. The van der Waals surface area contributed by atoms with E-state index in [0.29, 0.717) is 5.69 Å². The molecule has 1 fully saturated rings. The number of hydrogen-bond donors (Lipinski definition) is 1. The lowest BCUT2D eigenvalue weighted by atomic mass is 9.89. The maximum atomic E-state index is 14.1. The van der Waals surface area contributed by atoms with E-state index in [2.05, 4.69) is 15.4 Å². The van der Waals surface area contributed by atoms with Gasteiger partial charge in [-0.25, -0.2) is 14.1 Å². The van der Waals surface area contributed by atoms with Gasteiger partial charge in [0.1, 0.15) is 18.3 Å². The van der Waals surface area contributed by atoms with Gasteiger partial charge in [-0.1, -0.05) is 19.3 Å². The van der Waals surface area contributed by atoms with Gasteiger partial charge in [0, 0.05) is 12.2 Å². The number of rotatable bonds is 4. The van der Waals surface area contributed by atoms with E-state index in [-0.39, 0.29) is 5.82 Å². The summed E-state index contributed by atoms with van der Waals surface area (Å²) in [5.74, 6) is 0.436. The summed E-state index contributed by atoms with van der Waals surface area (Å²) in [6.45, 7) is 0.933. The molecule has 0 bridgehead atoms. The van der Waals surface area contributed by atoms with Crippen LogP contribution in [0.15, 0.2) is 30.9 Å². The fourth-order valence-corrected chi connectivity index (χ4v) is 2.79. The van der Waals surface area contributed by atoms with Crippen molar-refractivity contribution in [2.45, 2.75) is 32.1 Å². The van der Waals surface area contributed by atoms with Crippen molar-refractivity contribution in [3.63, 3.8) is 0 Å². The highest BCUT2D eigenvalue weighted by atomic mass is 19.1. The summed E-state index contributed by atoms with van der Waals surface area (Å²) in [6.07, 6.45) is 9.47. The van der Waals surface area contributed by atoms with Crippen LogP contribution in [-0.4, -0.2) is 21.3 Å². The van der Waals surface area contributed by atoms with Gasteiger partial charge in [0.2, 0.25) is 0 Å². The predicted molar refractivity (Wildman–Crippen MR) is 76.4 cm³/mol. The summed E-state index contributed by atoms with van der Waals surface area (Å²) in [7, 11) is 0. The van der Waals surface area contributed by atoms with E-state index >= 15 is 0 Å². The quantitative estimate of drug-likeness (QED) is 0.929. The Kier molecular flexibility index (Phi) is 3.95. The summed E-state index contributed by atoms with van der Waals surface area (Å²) in [5, 5.41) is 7.28. The molecule has 1 saturated carbocycles. The molecule has 0 radical (unpaired) electrons. The Bertz CT molecular complexity index is 547. The number of hydrogen-bond acceptors (Lipinski definition) is 3. The van der Waals surface area contributed by atoms with Gasteiger partial charge in [-0.05, 0) is 37.0 Å². The molecule has 0 aliphatic heterocycles. The highest BCUT2D eigenvalue weighted by Gasteiger charge is 2.13. The van der Waals surface area contributed by atoms with Crippen LogP contribution in [0.25, 0.3) is 5.69 Å². The zero-order chi connectivity index (χ0) is 13.8. The molecule has 5 heteroatoms. The molecule has 106 valence electrons. The lowest BCUT2D eigenvalue weighted by molar-refractivity contribution is 0.373. The Morgan fingerprint density at radius 1 is 1.25 bits per heavy atom. The summed E-state index contributed by atoms with van der Waals surface area (Å²) >= 11 is 0. The van der Waals surface area contributed by atoms with E-state index in [1.54, 1.807) is 6.07 Å². The molecule has 1 aliphatic carbocycles. The van der Waals surface area contributed by atoms with E-state index in [4.69, 9.17) is 0 Å². The van der Waals surface area contributed by atoms with Gasteiger partial charge in [0.25, 0.3) is 0 Å². The summed E-state index contributed by atoms with van der Waals surface area (Å²) < 4.78 is 15.5. The molecule has 1 aromatic carbocycles. The molecule has 1 heterocycles. The molecule has 1 aromatic heterocycles. The van der Waals surface area contributed by atoms with E-state index in [1.807, 2.05) is 6.07 Å². The highest BCUT2D eigenvalue weighted by molar-refractivity contribution is 5.49. The van der Waals surface area contributed by atoms with Crippen molar-refractivity contribution in [2.24, 2.45) is 5.92 Å². The second-order valence-electron chi connectivity index (χ2n) is 5.39. The molecule has 20 heavy (non-hydrogen) atoms. The maximum absolute atomic E-state index is 14.1. The molecule has 1 aliphatic rings. The third-order valence-electron chi connectivity index (χ3n) is 3.93. The van der Waals surface area contributed by atoms with E-state index in [0.717, 1.165) is 18.2 Å². The molecule has 4 nitrogen and oxygen atoms in total. The number of aromatic nitrogens is 3. The van der Waals surface area contributed by atoms with Gasteiger partial charge in [-0.15, -0.1) is 0 Å². The SMILES string of the molecule is Fc1cc(NCC2CCCCC2)ccc1-n1cncn1. The lowest BCUT2D eigenvalue weighted by Crippen LogP contribution is -2.17. The maximum Gasteiger partial charge on any atom is 0.150 e. The number of nitrogens with zero attached hydrogens (tertiary/aromatic N) is 3. The van der Waals surface area contributed by atoms with Gasteiger partial charge in [-0.3, -0.25) is 0 Å². The van der Waals surface area contributed by atoms with Gasteiger partial charge in [0.15, 0.2) is 5.82 Å². The second-order valence-corrected chi connectivity index (χ2v) is 5.39. The molecule has 0 amide bonds. The van der Waals surface area contributed by atoms with Crippen LogP contribution in [0.4, 0.5) is 10.1 Å². The molecule has 0 saturated heterocycles. The van der Waals surface area contributed by atoms with Gasteiger partial charge < -0.3 is 5.32 Å². The minimum absolute atomic E-state index is 0.288. The van der Waals surface area contributed by atoms with Crippen LogP contribution in [-0.2, 0) is 0 Å². The van der Waals surface area contributed by atoms with Crippen LogP contribution in [0.3, 0.4) is 0 Å². The van der Waals surface area contributed by atoms with Crippen LogP contribution >= 0.6 is 0 Å². The Hall–Kier alpha value is -1.91. The Morgan fingerprint density at radius 3 is 2.80 bits per heavy atom. The largest absolute Gasteiger partial charge is 0.385 e. The molecule has 1 N–H and O–H groups in total. The first-order chi connectivity index (χ1) is 9.83. The van der Waals surface area contributed by atoms with Crippen molar-refractivity contribution in [2.75, 3.05) is 11.9 Å². The number of anilines is 1. The van der Waals surface area contributed by atoms with Crippen molar-refractivity contribution in [3.05, 3.63) is 36.7 Å². The smallest absolute Gasteiger partial charge is 0.150 e. The fraction of sp³-hybridized carbons (Fsp3) is 0.467. The molecule has 0 unspecified atom stereocenters. The summed E-state index contributed by atoms with van der Waals surface area (Å²) in [6, 6.07) is 5.15. The molecular weight excluding hydrogens is 255 g/mol. The van der Waals surface area contributed by atoms with E-state index in [1.165, 1.54) is 55.5 Å². The molecular formula is C15H19FN4. The second kappa shape index (κ2) is 6.03. The minimum Gasteiger partial charge on any atom is -0.385 e. The minimum atomic E-state index is -0.288. The van der Waals surface area contributed by atoms with Gasteiger partial charge >= 0.3 is 0 Å². The van der Waals surface area contributed by atoms with Crippen LogP contribution in [0.2, 0.25) is 0 Å². The predicted octanol–water partition coefficient (Wildman–Crippen LogP) is 3.40. The first kappa shape index (κ1) is 13.1. The lowest BCUT2D eigenvalue weighted by Gasteiger charge is -2.22. The Labute approximate surface area is 118 Å². The third kappa shape index (κ3) is 2.98. The zero-order valence-electron chi connectivity index (χ0n) is 11.4. The van der Waals surface area contributed by atoms with Crippen LogP contribution in [0.1, 0.15) is 32.1 Å². The number of halogens is 1. The van der Waals surface area contributed by atoms with Crippen LogP contribution < -0.4 is 5.32 Å². The Balaban J connectivity index is 1.64. The normalized spacial score (nSPS) is 16.2. The standard InChI is InChI=1S/C15H19FN4/c16-14-8-13(18-9-12-4-2-1-3-5-12)6-7-15(14)20-11-17-10-19-20/h6-8,10-12,18H,1-5,9H2. The first-order valence-electron chi connectivity index (χ1n) is 7.21. The van der Waals surface area contributed by atoms with Crippen LogP contribution in [0.5, 0.6) is 0 Å². The molecule has 0 spiro atoms. The van der Waals surface area contributed by atoms with Crippen molar-refractivity contribution >= 4 is 5.69 Å². The molecule has 0 atom stereocenters. The molecule has 3 rings (SSSR count). The third-order valence-corrected chi connectivity index (χ3v) is 3.93.